The number of rotatable bonds is 8. The first-order valence-corrected chi connectivity index (χ1v) is 7.79. The molecule has 0 bridgehead atoms. The average Bonchev–Trinajstić information content (AvgIpc) is 2.60. The highest BCUT2D eigenvalue weighted by Gasteiger charge is 2.19. The maximum atomic E-state index is 12.1. The highest BCUT2D eigenvalue weighted by Crippen LogP contribution is 2.15. The Kier molecular flexibility index (Phi) is 6.47. The largest absolute Gasteiger partial charge is 0.480 e. The maximum Gasteiger partial charge on any atom is 0.328 e. The number of amides is 2. The molecule has 0 spiro atoms. The van der Waals surface area contributed by atoms with Crippen molar-refractivity contribution in [2.45, 2.75) is 12.5 Å². The molecule has 0 heterocycles. The third-order valence-electron chi connectivity index (χ3n) is 3.62. The predicted octanol–water partition coefficient (Wildman–Crippen LogP) is 1.18. The lowest BCUT2D eigenvalue weighted by molar-refractivity contribution is -0.143. The van der Waals surface area contributed by atoms with Gasteiger partial charge in [0.25, 0.3) is 5.91 Å². The van der Waals surface area contributed by atoms with Crippen LogP contribution in [0.2, 0.25) is 0 Å². The molecule has 2 aromatic carbocycles. The van der Waals surface area contributed by atoms with Gasteiger partial charge in [-0.15, -0.1) is 0 Å². The number of methoxy groups -OCH3 is 1. The number of ether oxygens (including phenoxy) is 1. The summed E-state index contributed by atoms with van der Waals surface area (Å²) in [7, 11) is 1.35. The predicted molar refractivity (Wildman–Crippen MR) is 92.3 cm³/mol. The molecule has 0 fully saturated rings. The molecular formula is C18H20N2O5. The van der Waals surface area contributed by atoms with Crippen molar-refractivity contribution in [3.63, 3.8) is 0 Å². The van der Waals surface area contributed by atoms with Gasteiger partial charge in [0, 0.05) is 25.6 Å². The lowest BCUT2D eigenvalue weighted by Crippen LogP contribution is -2.44. The summed E-state index contributed by atoms with van der Waals surface area (Å²) >= 11 is 0. The molecule has 2 rings (SSSR count). The van der Waals surface area contributed by atoms with E-state index in [9.17, 15) is 14.4 Å². The van der Waals surface area contributed by atoms with Crippen molar-refractivity contribution in [3.05, 3.63) is 48.0 Å². The van der Waals surface area contributed by atoms with E-state index in [-0.39, 0.29) is 25.5 Å². The molecule has 0 aromatic heterocycles. The molecule has 1 unspecified atom stereocenters. The minimum atomic E-state index is -1.17. The summed E-state index contributed by atoms with van der Waals surface area (Å²) in [5.41, 5.74) is 0.502. The fraction of sp³-hybridized carbons (Fsp3) is 0.278. The van der Waals surface area contributed by atoms with Crippen LogP contribution in [-0.2, 0) is 14.3 Å². The number of carboxylic acid groups (broad SMARTS) is 1. The summed E-state index contributed by atoms with van der Waals surface area (Å²) < 4.78 is 4.74. The highest BCUT2D eigenvalue weighted by atomic mass is 16.5. The molecule has 0 aliphatic carbocycles. The van der Waals surface area contributed by atoms with Crippen LogP contribution in [0.5, 0.6) is 0 Å². The molecule has 0 saturated heterocycles. The van der Waals surface area contributed by atoms with E-state index >= 15 is 0 Å². The quantitative estimate of drug-likeness (QED) is 0.667. The van der Waals surface area contributed by atoms with Crippen molar-refractivity contribution >= 4 is 28.6 Å². The van der Waals surface area contributed by atoms with Crippen LogP contribution in [0.15, 0.2) is 42.5 Å². The summed E-state index contributed by atoms with van der Waals surface area (Å²) in [6.45, 7) is -0.0126. The maximum absolute atomic E-state index is 12.1. The molecule has 1 atom stereocenters. The first-order valence-electron chi connectivity index (χ1n) is 7.79. The Bertz CT molecular complexity index is 775. The summed E-state index contributed by atoms with van der Waals surface area (Å²) in [5.74, 6) is -1.93. The minimum Gasteiger partial charge on any atom is -0.480 e. The Labute approximate surface area is 145 Å². The lowest BCUT2D eigenvalue weighted by Gasteiger charge is -2.13. The van der Waals surface area contributed by atoms with Gasteiger partial charge >= 0.3 is 5.97 Å². The van der Waals surface area contributed by atoms with Crippen LogP contribution < -0.4 is 10.6 Å². The van der Waals surface area contributed by atoms with Crippen LogP contribution in [0, 0.1) is 0 Å². The number of aliphatic carboxylic acids is 1. The van der Waals surface area contributed by atoms with Gasteiger partial charge in [-0.3, -0.25) is 9.59 Å². The van der Waals surface area contributed by atoms with E-state index < -0.39 is 17.9 Å². The van der Waals surface area contributed by atoms with Gasteiger partial charge in [-0.25, -0.2) is 4.79 Å². The third-order valence-corrected chi connectivity index (χ3v) is 3.62. The first-order chi connectivity index (χ1) is 12.0. The molecule has 3 N–H and O–H groups in total. The van der Waals surface area contributed by atoms with Crippen molar-refractivity contribution in [3.8, 4) is 0 Å². The van der Waals surface area contributed by atoms with Crippen molar-refractivity contribution < 1.29 is 24.2 Å². The average molecular weight is 344 g/mol. The first kappa shape index (κ1) is 18.4. The summed E-state index contributed by atoms with van der Waals surface area (Å²) in [5, 5.41) is 15.9. The molecule has 132 valence electrons. The van der Waals surface area contributed by atoms with Crippen molar-refractivity contribution in [1.82, 2.24) is 10.6 Å². The van der Waals surface area contributed by atoms with E-state index in [4.69, 9.17) is 9.84 Å². The molecule has 7 heteroatoms. The molecular weight excluding hydrogens is 324 g/mol. The molecule has 0 saturated carbocycles. The van der Waals surface area contributed by atoms with Crippen molar-refractivity contribution in [1.29, 1.82) is 0 Å². The zero-order valence-corrected chi connectivity index (χ0v) is 13.8. The third kappa shape index (κ3) is 5.29. The van der Waals surface area contributed by atoms with E-state index in [1.807, 2.05) is 30.3 Å². The Morgan fingerprint density at radius 2 is 1.84 bits per heavy atom. The number of hydrogen-bond donors (Lipinski definition) is 3. The smallest absolute Gasteiger partial charge is 0.328 e. The Hall–Kier alpha value is -2.93. The number of carbonyl (C=O) groups excluding carboxylic acids is 2. The summed E-state index contributed by atoms with van der Waals surface area (Å²) in [4.78, 5) is 34.8. The second kappa shape index (κ2) is 8.79. The van der Waals surface area contributed by atoms with E-state index in [1.165, 1.54) is 7.11 Å². The SMILES string of the molecule is COCC(NC(=O)CCNC(=O)c1ccc2ccccc2c1)C(=O)O. The molecule has 25 heavy (non-hydrogen) atoms. The van der Waals surface area contributed by atoms with Crippen LogP contribution in [0.1, 0.15) is 16.8 Å². The molecule has 0 aliphatic heterocycles. The number of hydrogen-bond acceptors (Lipinski definition) is 4. The standard InChI is InChI=1S/C18H20N2O5/c1-25-11-15(18(23)24)20-16(21)8-9-19-17(22)14-7-6-12-4-2-3-5-13(12)10-14/h2-7,10,15H,8-9,11H2,1H3,(H,19,22)(H,20,21)(H,23,24). The summed E-state index contributed by atoms with van der Waals surface area (Å²) in [6, 6.07) is 12.0. The van der Waals surface area contributed by atoms with Gasteiger partial charge in [-0.1, -0.05) is 30.3 Å². The molecule has 2 aromatic rings. The second-order valence-corrected chi connectivity index (χ2v) is 5.48. The topological polar surface area (TPSA) is 105 Å². The lowest BCUT2D eigenvalue weighted by atomic mass is 10.1. The Balaban J connectivity index is 1.84. The van der Waals surface area contributed by atoms with Crippen molar-refractivity contribution in [2.75, 3.05) is 20.3 Å². The van der Waals surface area contributed by atoms with Gasteiger partial charge in [0.15, 0.2) is 6.04 Å². The molecule has 2 amide bonds. The van der Waals surface area contributed by atoms with Gasteiger partial charge in [0.05, 0.1) is 6.61 Å². The van der Waals surface area contributed by atoms with Crippen LogP contribution >= 0.6 is 0 Å². The minimum absolute atomic E-state index is 0.0210. The van der Waals surface area contributed by atoms with E-state index in [0.717, 1.165) is 10.8 Å². The monoisotopic (exact) mass is 344 g/mol. The normalized spacial score (nSPS) is 11.7. The van der Waals surface area contributed by atoms with Gasteiger partial charge in [0.1, 0.15) is 0 Å². The fourth-order valence-corrected chi connectivity index (χ4v) is 2.33. The number of benzene rings is 2. The van der Waals surface area contributed by atoms with Crippen LogP contribution in [-0.4, -0.2) is 49.2 Å². The van der Waals surface area contributed by atoms with E-state index in [0.29, 0.717) is 5.56 Å². The molecule has 0 aliphatic rings. The van der Waals surface area contributed by atoms with Crippen LogP contribution in [0.3, 0.4) is 0 Å². The van der Waals surface area contributed by atoms with E-state index in [1.54, 1.807) is 12.1 Å². The number of carbonyl (C=O) groups is 3. The van der Waals surface area contributed by atoms with Gasteiger partial charge in [0.2, 0.25) is 5.91 Å². The van der Waals surface area contributed by atoms with Crippen LogP contribution in [0.4, 0.5) is 0 Å². The van der Waals surface area contributed by atoms with Crippen molar-refractivity contribution in [2.24, 2.45) is 0 Å². The fourth-order valence-electron chi connectivity index (χ4n) is 2.33. The molecule has 0 radical (unpaired) electrons. The number of fused-ring (bicyclic) bond motifs is 1. The second-order valence-electron chi connectivity index (χ2n) is 5.48. The zero-order chi connectivity index (χ0) is 18.2. The van der Waals surface area contributed by atoms with Gasteiger partial charge in [-0.2, -0.15) is 0 Å². The number of carboxylic acids is 1. The van der Waals surface area contributed by atoms with Gasteiger partial charge in [-0.05, 0) is 22.9 Å². The Morgan fingerprint density at radius 3 is 2.52 bits per heavy atom. The Morgan fingerprint density at radius 1 is 1.12 bits per heavy atom. The zero-order valence-electron chi connectivity index (χ0n) is 13.8. The number of nitrogens with one attached hydrogen (secondary N) is 2. The summed E-state index contributed by atoms with van der Waals surface area (Å²) in [6.07, 6.45) is -0.0210. The highest BCUT2D eigenvalue weighted by molar-refractivity contribution is 5.98. The van der Waals surface area contributed by atoms with Crippen LogP contribution in [0.25, 0.3) is 10.8 Å². The van der Waals surface area contributed by atoms with Gasteiger partial charge < -0.3 is 20.5 Å². The van der Waals surface area contributed by atoms with E-state index in [2.05, 4.69) is 10.6 Å². The molecule has 7 nitrogen and oxygen atoms in total.